The molecule has 0 radical (unpaired) electrons. The molecule has 0 aliphatic rings. The first-order valence-electron chi connectivity index (χ1n) is 5.44. The Morgan fingerprint density at radius 3 is 2.72 bits per heavy atom. The number of rotatable bonds is 3. The van der Waals surface area contributed by atoms with Gasteiger partial charge in [0, 0.05) is 24.6 Å². The predicted molar refractivity (Wildman–Crippen MR) is 69.2 cm³/mol. The largest absolute Gasteiger partial charge is 0.493 e. The van der Waals surface area contributed by atoms with Crippen LogP contribution >= 0.6 is 0 Å². The molecule has 0 fully saturated rings. The van der Waals surface area contributed by atoms with Crippen LogP contribution in [0.15, 0.2) is 24.4 Å². The predicted octanol–water partition coefficient (Wildman–Crippen LogP) is 2.21. The van der Waals surface area contributed by atoms with E-state index in [2.05, 4.69) is 10.3 Å². The number of anilines is 1. The van der Waals surface area contributed by atoms with Gasteiger partial charge in [-0.25, -0.2) is 0 Å². The summed E-state index contributed by atoms with van der Waals surface area (Å²) in [6.07, 6.45) is 1.67. The van der Waals surface area contributed by atoms with E-state index in [-0.39, 0.29) is 5.91 Å². The van der Waals surface area contributed by atoms with Crippen LogP contribution in [0.3, 0.4) is 0 Å². The molecule has 2 aromatic rings. The van der Waals surface area contributed by atoms with E-state index >= 15 is 0 Å². The van der Waals surface area contributed by atoms with Gasteiger partial charge in [-0.15, -0.1) is 0 Å². The maximum absolute atomic E-state index is 11.2. The van der Waals surface area contributed by atoms with Crippen molar-refractivity contribution < 1.29 is 14.3 Å². The summed E-state index contributed by atoms with van der Waals surface area (Å²) in [7, 11) is 3.12. The van der Waals surface area contributed by atoms with E-state index in [1.807, 2.05) is 12.1 Å². The Kier molecular flexibility index (Phi) is 3.32. The molecule has 2 rings (SSSR count). The van der Waals surface area contributed by atoms with Gasteiger partial charge in [0.15, 0.2) is 11.5 Å². The normalized spacial score (nSPS) is 10.2. The minimum absolute atomic E-state index is 0.158. The first-order valence-corrected chi connectivity index (χ1v) is 5.44. The molecule has 0 aliphatic carbocycles. The highest BCUT2D eigenvalue weighted by Crippen LogP contribution is 2.38. The van der Waals surface area contributed by atoms with Crippen LogP contribution in [0.25, 0.3) is 10.9 Å². The van der Waals surface area contributed by atoms with Crippen LogP contribution in [0.1, 0.15) is 6.92 Å². The van der Waals surface area contributed by atoms with Gasteiger partial charge in [0.05, 0.1) is 25.4 Å². The highest BCUT2D eigenvalue weighted by atomic mass is 16.5. The third-order valence-corrected chi connectivity index (χ3v) is 2.54. The van der Waals surface area contributed by atoms with Crippen LogP contribution in [-0.4, -0.2) is 25.1 Å². The number of fused-ring (bicyclic) bond motifs is 1. The highest BCUT2D eigenvalue weighted by molar-refractivity contribution is 6.03. The van der Waals surface area contributed by atoms with Gasteiger partial charge < -0.3 is 14.8 Å². The molecule has 0 atom stereocenters. The van der Waals surface area contributed by atoms with Crippen molar-refractivity contribution in [2.45, 2.75) is 6.92 Å². The van der Waals surface area contributed by atoms with Crippen molar-refractivity contribution >= 4 is 22.5 Å². The number of nitrogens with one attached hydrogen (secondary N) is 1. The summed E-state index contributed by atoms with van der Waals surface area (Å²) in [5.41, 5.74) is 1.28. The Balaban J connectivity index is 2.75. The topological polar surface area (TPSA) is 60.5 Å². The Bertz CT molecular complexity index is 596. The van der Waals surface area contributed by atoms with Crippen LogP contribution in [0.5, 0.6) is 11.5 Å². The van der Waals surface area contributed by atoms with Gasteiger partial charge in [-0.3, -0.25) is 9.78 Å². The lowest BCUT2D eigenvalue weighted by molar-refractivity contribution is -0.114. The minimum Gasteiger partial charge on any atom is -0.493 e. The average Bonchev–Trinajstić information content (AvgIpc) is 2.37. The second kappa shape index (κ2) is 4.91. The lowest BCUT2D eigenvalue weighted by Gasteiger charge is -2.13. The Morgan fingerprint density at radius 1 is 1.33 bits per heavy atom. The van der Waals surface area contributed by atoms with E-state index < -0.39 is 0 Å². The molecule has 1 heterocycles. The molecule has 0 aliphatic heterocycles. The molecule has 0 unspecified atom stereocenters. The summed E-state index contributed by atoms with van der Waals surface area (Å²) >= 11 is 0. The molecule has 18 heavy (non-hydrogen) atoms. The fourth-order valence-corrected chi connectivity index (χ4v) is 1.85. The minimum atomic E-state index is -0.158. The third-order valence-electron chi connectivity index (χ3n) is 2.54. The number of pyridine rings is 1. The smallest absolute Gasteiger partial charge is 0.221 e. The molecule has 1 amide bonds. The van der Waals surface area contributed by atoms with Crippen LogP contribution in [0.4, 0.5) is 5.69 Å². The van der Waals surface area contributed by atoms with Gasteiger partial charge in [-0.05, 0) is 12.1 Å². The second-order valence-electron chi connectivity index (χ2n) is 3.74. The number of hydrogen-bond donors (Lipinski definition) is 1. The SMILES string of the molecule is COc1cc(NC(C)=O)c2ncccc2c1OC. The van der Waals surface area contributed by atoms with Crippen LogP contribution in [-0.2, 0) is 4.79 Å². The molecule has 1 aromatic carbocycles. The maximum Gasteiger partial charge on any atom is 0.221 e. The van der Waals surface area contributed by atoms with Crippen molar-refractivity contribution in [3.63, 3.8) is 0 Å². The zero-order chi connectivity index (χ0) is 13.1. The fraction of sp³-hybridized carbons (Fsp3) is 0.231. The van der Waals surface area contributed by atoms with E-state index in [1.54, 1.807) is 26.5 Å². The molecule has 1 aromatic heterocycles. The number of nitrogens with zero attached hydrogens (tertiary/aromatic N) is 1. The number of benzene rings is 1. The molecule has 1 N–H and O–H groups in total. The lowest BCUT2D eigenvalue weighted by Crippen LogP contribution is -2.07. The van der Waals surface area contributed by atoms with Gasteiger partial charge >= 0.3 is 0 Å². The van der Waals surface area contributed by atoms with E-state index in [0.717, 1.165) is 5.39 Å². The fourth-order valence-electron chi connectivity index (χ4n) is 1.85. The van der Waals surface area contributed by atoms with Gasteiger partial charge in [0.25, 0.3) is 0 Å². The molecule has 0 saturated carbocycles. The molecule has 0 bridgehead atoms. The van der Waals surface area contributed by atoms with Crippen LogP contribution < -0.4 is 14.8 Å². The number of methoxy groups -OCH3 is 2. The standard InChI is InChI=1S/C13H14N2O3/c1-8(16)15-10-7-11(17-2)13(18-3)9-5-4-6-14-12(9)10/h4-7H,1-3H3,(H,15,16). The molecule has 0 saturated heterocycles. The van der Waals surface area contributed by atoms with Crippen molar-refractivity contribution in [3.05, 3.63) is 24.4 Å². The van der Waals surface area contributed by atoms with Crippen molar-refractivity contribution in [1.82, 2.24) is 4.98 Å². The molecule has 0 spiro atoms. The van der Waals surface area contributed by atoms with Crippen molar-refractivity contribution in [2.75, 3.05) is 19.5 Å². The van der Waals surface area contributed by atoms with E-state index in [9.17, 15) is 4.79 Å². The molecule has 5 heteroatoms. The average molecular weight is 246 g/mol. The molecule has 5 nitrogen and oxygen atoms in total. The Hall–Kier alpha value is -2.30. The van der Waals surface area contributed by atoms with Gasteiger partial charge in [0.2, 0.25) is 5.91 Å². The summed E-state index contributed by atoms with van der Waals surface area (Å²) in [6.45, 7) is 1.45. The quantitative estimate of drug-likeness (QED) is 0.902. The summed E-state index contributed by atoms with van der Waals surface area (Å²) in [5.74, 6) is 1.01. The zero-order valence-electron chi connectivity index (χ0n) is 10.5. The highest BCUT2D eigenvalue weighted by Gasteiger charge is 2.14. The van der Waals surface area contributed by atoms with Gasteiger partial charge in [-0.1, -0.05) is 0 Å². The monoisotopic (exact) mass is 246 g/mol. The summed E-state index contributed by atoms with van der Waals surface area (Å²) < 4.78 is 10.6. The molecular formula is C13H14N2O3. The Labute approximate surface area is 105 Å². The molecule has 94 valence electrons. The molecular weight excluding hydrogens is 232 g/mol. The third kappa shape index (κ3) is 2.07. The van der Waals surface area contributed by atoms with Crippen LogP contribution in [0.2, 0.25) is 0 Å². The van der Waals surface area contributed by atoms with Crippen molar-refractivity contribution in [2.24, 2.45) is 0 Å². The van der Waals surface area contributed by atoms with Crippen molar-refractivity contribution in [1.29, 1.82) is 0 Å². The summed E-state index contributed by atoms with van der Waals surface area (Å²) in [6, 6.07) is 5.38. The van der Waals surface area contributed by atoms with E-state index in [0.29, 0.717) is 22.7 Å². The van der Waals surface area contributed by atoms with E-state index in [4.69, 9.17) is 9.47 Å². The number of amides is 1. The number of carbonyl (C=O) groups excluding carboxylic acids is 1. The number of carbonyl (C=O) groups is 1. The summed E-state index contributed by atoms with van der Waals surface area (Å²) in [5, 5.41) is 3.53. The number of hydrogen-bond acceptors (Lipinski definition) is 4. The second-order valence-corrected chi connectivity index (χ2v) is 3.74. The van der Waals surface area contributed by atoms with Gasteiger partial charge in [-0.2, -0.15) is 0 Å². The van der Waals surface area contributed by atoms with Gasteiger partial charge in [0.1, 0.15) is 0 Å². The number of aromatic nitrogens is 1. The Morgan fingerprint density at radius 2 is 2.11 bits per heavy atom. The lowest BCUT2D eigenvalue weighted by atomic mass is 10.1. The van der Waals surface area contributed by atoms with E-state index in [1.165, 1.54) is 6.92 Å². The number of ether oxygens (including phenoxy) is 2. The maximum atomic E-state index is 11.2. The van der Waals surface area contributed by atoms with Crippen LogP contribution in [0, 0.1) is 0 Å². The first kappa shape index (κ1) is 12.2. The van der Waals surface area contributed by atoms with Crippen molar-refractivity contribution in [3.8, 4) is 11.5 Å². The zero-order valence-corrected chi connectivity index (χ0v) is 10.5. The summed E-state index contributed by atoms with van der Waals surface area (Å²) in [4.78, 5) is 15.5. The first-order chi connectivity index (χ1) is 8.67.